The summed E-state index contributed by atoms with van der Waals surface area (Å²) in [6.45, 7) is 3.80. The molecule has 0 aliphatic carbocycles. The van der Waals surface area contributed by atoms with Gasteiger partial charge in [-0.1, -0.05) is 6.07 Å². The fourth-order valence-electron chi connectivity index (χ4n) is 2.05. The van der Waals surface area contributed by atoms with Gasteiger partial charge in [-0.15, -0.1) is 0 Å². The molecule has 122 valence electrons. The molecule has 1 aromatic carbocycles. The van der Waals surface area contributed by atoms with Crippen LogP contribution in [0.25, 0.3) is 0 Å². The smallest absolute Gasteiger partial charge is 0.252 e. The Bertz CT molecular complexity index is 680. The van der Waals surface area contributed by atoms with Gasteiger partial charge in [0.2, 0.25) is 5.91 Å². The van der Waals surface area contributed by atoms with Crippen LogP contribution in [0.15, 0.2) is 41.0 Å². The lowest BCUT2D eigenvalue weighted by atomic mass is 10.1. The summed E-state index contributed by atoms with van der Waals surface area (Å²) in [5, 5.41) is 5.36. The molecule has 0 spiro atoms. The molecule has 0 unspecified atom stereocenters. The first-order valence-electron chi connectivity index (χ1n) is 7.27. The molecular formula is C17H20N2O4. The maximum Gasteiger partial charge on any atom is 0.252 e. The molecule has 0 aliphatic heterocycles. The van der Waals surface area contributed by atoms with E-state index in [-0.39, 0.29) is 18.4 Å². The van der Waals surface area contributed by atoms with Crippen molar-refractivity contribution < 1.29 is 18.7 Å². The van der Waals surface area contributed by atoms with Crippen molar-refractivity contribution in [3.8, 4) is 5.75 Å². The summed E-state index contributed by atoms with van der Waals surface area (Å²) >= 11 is 0. The maximum absolute atomic E-state index is 12.2. The molecule has 0 bridgehead atoms. The van der Waals surface area contributed by atoms with E-state index in [9.17, 15) is 9.59 Å². The topological polar surface area (TPSA) is 80.6 Å². The van der Waals surface area contributed by atoms with Crippen molar-refractivity contribution in [2.75, 3.05) is 7.11 Å². The number of nitrogens with one attached hydrogen (secondary N) is 2. The highest BCUT2D eigenvalue weighted by Gasteiger charge is 2.17. The SMILES string of the molecule is COc1cc(C(=O)N[C@@H](C)C(=O)NCc2ccco2)ccc1C. The molecule has 1 atom stereocenters. The molecule has 2 N–H and O–H groups in total. The van der Waals surface area contributed by atoms with Gasteiger partial charge in [0.05, 0.1) is 19.9 Å². The fourth-order valence-corrected chi connectivity index (χ4v) is 2.05. The number of benzene rings is 1. The van der Waals surface area contributed by atoms with Crippen LogP contribution in [0.3, 0.4) is 0 Å². The van der Waals surface area contributed by atoms with E-state index in [0.29, 0.717) is 17.1 Å². The van der Waals surface area contributed by atoms with Crippen molar-refractivity contribution in [3.63, 3.8) is 0 Å². The molecular weight excluding hydrogens is 296 g/mol. The predicted octanol–water partition coefficient (Wildman–Crippen LogP) is 2.03. The number of amides is 2. The van der Waals surface area contributed by atoms with Crippen LogP contribution < -0.4 is 15.4 Å². The molecule has 0 saturated heterocycles. The van der Waals surface area contributed by atoms with Gasteiger partial charge in [0.1, 0.15) is 17.6 Å². The van der Waals surface area contributed by atoms with Crippen LogP contribution in [0.1, 0.15) is 28.6 Å². The highest BCUT2D eigenvalue weighted by molar-refractivity contribution is 5.97. The molecule has 1 aromatic heterocycles. The molecule has 2 aromatic rings. The number of hydrogen-bond donors (Lipinski definition) is 2. The zero-order valence-corrected chi connectivity index (χ0v) is 13.4. The van der Waals surface area contributed by atoms with Crippen LogP contribution in [0.2, 0.25) is 0 Å². The Balaban J connectivity index is 1.92. The number of hydrogen-bond acceptors (Lipinski definition) is 4. The lowest BCUT2D eigenvalue weighted by molar-refractivity contribution is -0.122. The van der Waals surface area contributed by atoms with Gasteiger partial charge in [-0.25, -0.2) is 0 Å². The van der Waals surface area contributed by atoms with Crippen molar-refractivity contribution >= 4 is 11.8 Å². The van der Waals surface area contributed by atoms with Gasteiger partial charge < -0.3 is 19.8 Å². The van der Waals surface area contributed by atoms with Crippen LogP contribution in [-0.4, -0.2) is 25.0 Å². The molecule has 0 radical (unpaired) electrons. The van der Waals surface area contributed by atoms with Crippen LogP contribution in [-0.2, 0) is 11.3 Å². The molecule has 0 saturated carbocycles. The van der Waals surface area contributed by atoms with E-state index in [1.807, 2.05) is 6.92 Å². The van der Waals surface area contributed by atoms with E-state index in [0.717, 1.165) is 5.56 Å². The number of furan rings is 1. The van der Waals surface area contributed by atoms with E-state index in [4.69, 9.17) is 9.15 Å². The second kappa shape index (κ2) is 7.49. The third-order valence-electron chi connectivity index (χ3n) is 3.43. The molecule has 23 heavy (non-hydrogen) atoms. The third kappa shape index (κ3) is 4.35. The maximum atomic E-state index is 12.2. The van der Waals surface area contributed by atoms with Crippen molar-refractivity contribution in [1.82, 2.24) is 10.6 Å². The number of methoxy groups -OCH3 is 1. The van der Waals surface area contributed by atoms with Crippen molar-refractivity contribution in [2.24, 2.45) is 0 Å². The zero-order valence-electron chi connectivity index (χ0n) is 13.4. The number of carbonyl (C=O) groups is 2. The second-order valence-corrected chi connectivity index (χ2v) is 5.18. The molecule has 0 fully saturated rings. The van der Waals surface area contributed by atoms with E-state index < -0.39 is 6.04 Å². The molecule has 2 rings (SSSR count). The van der Waals surface area contributed by atoms with Crippen LogP contribution in [0.4, 0.5) is 0 Å². The number of aryl methyl sites for hydroxylation is 1. The first-order valence-corrected chi connectivity index (χ1v) is 7.27. The molecule has 0 aliphatic rings. The highest BCUT2D eigenvalue weighted by Crippen LogP contribution is 2.18. The summed E-state index contributed by atoms with van der Waals surface area (Å²) in [6.07, 6.45) is 1.54. The molecule has 6 nitrogen and oxygen atoms in total. The minimum Gasteiger partial charge on any atom is -0.496 e. The van der Waals surface area contributed by atoms with E-state index in [2.05, 4.69) is 10.6 Å². The normalized spacial score (nSPS) is 11.6. The Labute approximate surface area is 134 Å². The van der Waals surface area contributed by atoms with Crippen molar-refractivity contribution in [2.45, 2.75) is 26.4 Å². The molecule has 1 heterocycles. The standard InChI is InChI=1S/C17H20N2O4/c1-11-6-7-13(9-15(11)22-3)17(21)19-12(2)16(20)18-10-14-5-4-8-23-14/h4-9,12H,10H2,1-3H3,(H,18,20)(H,19,21)/t12-/m0/s1. The van der Waals surface area contributed by atoms with Crippen molar-refractivity contribution in [3.05, 3.63) is 53.5 Å². The molecule has 2 amide bonds. The van der Waals surface area contributed by atoms with Gasteiger partial charge in [-0.2, -0.15) is 0 Å². The fraction of sp³-hybridized carbons (Fsp3) is 0.294. The minimum atomic E-state index is -0.662. The van der Waals surface area contributed by atoms with Gasteiger partial charge in [0.25, 0.3) is 5.91 Å². The Morgan fingerprint density at radius 1 is 1.30 bits per heavy atom. The number of ether oxygens (including phenoxy) is 1. The number of rotatable bonds is 6. The summed E-state index contributed by atoms with van der Waals surface area (Å²) in [5.41, 5.74) is 1.38. The number of carbonyl (C=O) groups excluding carboxylic acids is 2. The largest absolute Gasteiger partial charge is 0.496 e. The lowest BCUT2D eigenvalue weighted by Gasteiger charge is -2.14. The summed E-state index contributed by atoms with van der Waals surface area (Å²) < 4.78 is 10.3. The first kappa shape index (κ1) is 16.6. The van der Waals surface area contributed by atoms with Crippen molar-refractivity contribution in [1.29, 1.82) is 0 Å². The third-order valence-corrected chi connectivity index (χ3v) is 3.43. The average Bonchev–Trinajstić information content (AvgIpc) is 3.06. The van der Waals surface area contributed by atoms with Gasteiger partial charge in [-0.3, -0.25) is 9.59 Å². The van der Waals surface area contributed by atoms with Gasteiger partial charge in [0.15, 0.2) is 0 Å². The van der Waals surface area contributed by atoms with Crippen LogP contribution >= 0.6 is 0 Å². The average molecular weight is 316 g/mol. The summed E-state index contributed by atoms with van der Waals surface area (Å²) in [5.74, 6) is 0.672. The summed E-state index contributed by atoms with van der Waals surface area (Å²) in [6, 6.07) is 8.00. The summed E-state index contributed by atoms with van der Waals surface area (Å²) in [7, 11) is 1.55. The first-order chi connectivity index (χ1) is 11.0. The van der Waals surface area contributed by atoms with Gasteiger partial charge in [0, 0.05) is 5.56 Å². The Hall–Kier alpha value is -2.76. The zero-order chi connectivity index (χ0) is 16.8. The lowest BCUT2D eigenvalue weighted by Crippen LogP contribution is -2.44. The second-order valence-electron chi connectivity index (χ2n) is 5.18. The van der Waals surface area contributed by atoms with E-state index in [1.54, 1.807) is 44.4 Å². The quantitative estimate of drug-likeness (QED) is 0.854. The van der Waals surface area contributed by atoms with Crippen LogP contribution in [0, 0.1) is 6.92 Å². The predicted molar refractivity (Wildman–Crippen MR) is 85.2 cm³/mol. The molecule has 6 heteroatoms. The van der Waals surface area contributed by atoms with Gasteiger partial charge >= 0.3 is 0 Å². The summed E-state index contributed by atoms with van der Waals surface area (Å²) in [4.78, 5) is 24.2. The minimum absolute atomic E-state index is 0.282. The Morgan fingerprint density at radius 3 is 2.74 bits per heavy atom. The highest BCUT2D eigenvalue weighted by atomic mass is 16.5. The van der Waals surface area contributed by atoms with Gasteiger partial charge in [-0.05, 0) is 43.7 Å². The monoisotopic (exact) mass is 316 g/mol. The Kier molecular flexibility index (Phi) is 5.41. The van der Waals surface area contributed by atoms with E-state index >= 15 is 0 Å². The van der Waals surface area contributed by atoms with E-state index in [1.165, 1.54) is 6.26 Å². The Morgan fingerprint density at radius 2 is 2.09 bits per heavy atom. The van der Waals surface area contributed by atoms with Crippen LogP contribution in [0.5, 0.6) is 5.75 Å².